The highest BCUT2D eigenvalue weighted by molar-refractivity contribution is 5.95. The van der Waals surface area contributed by atoms with Gasteiger partial charge in [-0.25, -0.2) is 10.9 Å². The number of carbonyl (C=O) groups excluding carboxylic acids is 4. The molecule has 0 aliphatic rings. The third kappa shape index (κ3) is 14.1. The predicted octanol–water partition coefficient (Wildman–Crippen LogP) is 4.60. The zero-order valence-corrected chi connectivity index (χ0v) is 30.2. The second-order valence-electron chi connectivity index (χ2n) is 11.5. The zero-order chi connectivity index (χ0) is 37.6. The van der Waals surface area contributed by atoms with Gasteiger partial charge in [0.15, 0.2) is 23.0 Å². The van der Waals surface area contributed by atoms with E-state index in [0.717, 1.165) is 36.8 Å². The number of carbonyl (C=O) groups is 4. The van der Waals surface area contributed by atoms with Crippen molar-refractivity contribution in [1.29, 1.82) is 0 Å². The molecule has 4 amide bonds. The molecule has 0 aromatic heterocycles. The van der Waals surface area contributed by atoms with E-state index in [-0.39, 0.29) is 23.6 Å². The maximum atomic E-state index is 12.4. The van der Waals surface area contributed by atoms with Gasteiger partial charge in [0, 0.05) is 37.1 Å². The molecule has 3 rings (SSSR count). The van der Waals surface area contributed by atoms with E-state index in [1.165, 1.54) is 28.4 Å². The van der Waals surface area contributed by atoms with Gasteiger partial charge in [0.1, 0.15) is 0 Å². The molecule has 14 nitrogen and oxygen atoms in total. The zero-order valence-electron chi connectivity index (χ0n) is 30.2. The summed E-state index contributed by atoms with van der Waals surface area (Å²) in [6.07, 6.45) is 8.10. The fourth-order valence-corrected chi connectivity index (χ4v) is 4.88. The number of unbranched alkanes of at least 4 members (excludes halogenated alkanes) is 4. The van der Waals surface area contributed by atoms with Crippen LogP contribution in [0.5, 0.6) is 23.0 Å². The van der Waals surface area contributed by atoms with Crippen LogP contribution in [0.4, 0.5) is 0 Å². The van der Waals surface area contributed by atoms with Crippen LogP contribution in [-0.2, 0) is 9.59 Å². The summed E-state index contributed by atoms with van der Waals surface area (Å²) in [5.41, 5.74) is 7.59. The van der Waals surface area contributed by atoms with Gasteiger partial charge in [0.05, 0.1) is 40.9 Å². The summed E-state index contributed by atoms with van der Waals surface area (Å²) >= 11 is 0. The largest absolute Gasteiger partial charge is 0.493 e. The molecule has 14 heteroatoms. The fraction of sp³-hybridized carbons (Fsp3) is 0.368. The SMILES string of the molecule is COc1ccc(C(=O)NCCCCCC(=O)NN=Cc2ccc(C=NNC(=O)CCCCCNC(=O)c3ccc(OC)c(OC)c3)cc2)cc1OC. The minimum Gasteiger partial charge on any atom is -0.493 e. The molecule has 0 unspecified atom stereocenters. The van der Waals surface area contributed by atoms with Gasteiger partial charge >= 0.3 is 0 Å². The van der Waals surface area contributed by atoms with Gasteiger partial charge in [-0.3, -0.25) is 19.2 Å². The van der Waals surface area contributed by atoms with Crippen molar-refractivity contribution in [3.8, 4) is 23.0 Å². The van der Waals surface area contributed by atoms with Gasteiger partial charge in [-0.1, -0.05) is 37.1 Å². The van der Waals surface area contributed by atoms with Crippen molar-refractivity contribution in [2.24, 2.45) is 10.2 Å². The molecule has 0 heterocycles. The lowest BCUT2D eigenvalue weighted by Crippen LogP contribution is -2.24. The van der Waals surface area contributed by atoms with Gasteiger partial charge < -0.3 is 29.6 Å². The first-order valence-corrected chi connectivity index (χ1v) is 17.0. The van der Waals surface area contributed by atoms with Crippen LogP contribution in [0.1, 0.15) is 83.2 Å². The summed E-state index contributed by atoms with van der Waals surface area (Å²) < 4.78 is 20.9. The number of hydrogen-bond donors (Lipinski definition) is 4. The van der Waals surface area contributed by atoms with E-state index >= 15 is 0 Å². The molecule has 4 N–H and O–H groups in total. The van der Waals surface area contributed by atoms with Crippen molar-refractivity contribution >= 4 is 36.1 Å². The van der Waals surface area contributed by atoms with Crippen molar-refractivity contribution < 1.29 is 38.1 Å². The highest BCUT2D eigenvalue weighted by atomic mass is 16.5. The van der Waals surface area contributed by atoms with Gasteiger partial charge in [-0.2, -0.15) is 10.2 Å². The van der Waals surface area contributed by atoms with E-state index in [1.54, 1.807) is 48.8 Å². The number of benzene rings is 3. The van der Waals surface area contributed by atoms with Gasteiger partial charge in [0.2, 0.25) is 11.8 Å². The Morgan fingerprint density at radius 1 is 0.519 bits per heavy atom. The first-order chi connectivity index (χ1) is 25.3. The Morgan fingerprint density at radius 3 is 1.27 bits per heavy atom. The Bertz CT molecular complexity index is 1550. The second-order valence-corrected chi connectivity index (χ2v) is 11.5. The van der Waals surface area contributed by atoms with Gasteiger partial charge in [-0.15, -0.1) is 0 Å². The Kier molecular flexibility index (Phi) is 17.7. The summed E-state index contributed by atoms with van der Waals surface area (Å²) in [6, 6.07) is 17.3. The smallest absolute Gasteiger partial charge is 0.251 e. The van der Waals surface area contributed by atoms with E-state index in [4.69, 9.17) is 18.9 Å². The van der Waals surface area contributed by atoms with E-state index in [9.17, 15) is 19.2 Å². The first-order valence-electron chi connectivity index (χ1n) is 17.0. The molecule has 0 bridgehead atoms. The average Bonchev–Trinajstić information content (AvgIpc) is 3.17. The average molecular weight is 717 g/mol. The van der Waals surface area contributed by atoms with E-state index in [1.807, 2.05) is 24.3 Å². The number of rotatable bonds is 22. The molecule has 0 aliphatic heterocycles. The number of amides is 4. The number of nitrogens with zero attached hydrogens (tertiary/aromatic N) is 2. The second kappa shape index (κ2) is 22.7. The van der Waals surface area contributed by atoms with E-state index in [0.29, 0.717) is 72.9 Å². The Labute approximate surface area is 304 Å². The Balaban J connectivity index is 1.22. The summed E-state index contributed by atoms with van der Waals surface area (Å²) in [5, 5.41) is 13.8. The van der Waals surface area contributed by atoms with Crippen LogP contribution in [-0.4, -0.2) is 77.6 Å². The van der Waals surface area contributed by atoms with Crippen molar-refractivity contribution in [2.75, 3.05) is 41.5 Å². The highest BCUT2D eigenvalue weighted by Crippen LogP contribution is 2.28. The molecular weight excluding hydrogens is 668 g/mol. The minimum atomic E-state index is -0.201. The summed E-state index contributed by atoms with van der Waals surface area (Å²) in [4.78, 5) is 49.0. The molecule has 0 atom stereocenters. The highest BCUT2D eigenvalue weighted by Gasteiger charge is 2.12. The lowest BCUT2D eigenvalue weighted by atomic mass is 10.1. The summed E-state index contributed by atoms with van der Waals surface area (Å²) in [7, 11) is 6.11. The summed E-state index contributed by atoms with van der Waals surface area (Å²) in [6.45, 7) is 0.988. The molecular formula is C38H48N6O8. The topological polar surface area (TPSA) is 178 Å². The van der Waals surface area contributed by atoms with Crippen molar-refractivity contribution in [3.63, 3.8) is 0 Å². The lowest BCUT2D eigenvalue weighted by Gasteiger charge is -2.10. The first kappa shape index (κ1) is 40.5. The lowest BCUT2D eigenvalue weighted by molar-refractivity contribution is -0.122. The van der Waals surface area contributed by atoms with Gasteiger partial charge in [-0.05, 0) is 73.2 Å². The number of ether oxygens (including phenoxy) is 4. The molecule has 0 saturated heterocycles. The molecule has 0 fully saturated rings. The van der Waals surface area contributed by atoms with Crippen LogP contribution in [0.15, 0.2) is 70.9 Å². The number of nitrogens with one attached hydrogen (secondary N) is 4. The van der Waals surface area contributed by atoms with E-state index in [2.05, 4.69) is 31.7 Å². The van der Waals surface area contributed by atoms with E-state index < -0.39 is 0 Å². The molecule has 0 radical (unpaired) electrons. The quantitative estimate of drug-likeness (QED) is 0.0662. The fourth-order valence-electron chi connectivity index (χ4n) is 4.88. The van der Waals surface area contributed by atoms with Crippen LogP contribution < -0.4 is 40.4 Å². The maximum absolute atomic E-state index is 12.4. The molecule has 0 saturated carbocycles. The molecule has 52 heavy (non-hydrogen) atoms. The van der Waals surface area contributed by atoms with Crippen LogP contribution in [0.25, 0.3) is 0 Å². The third-order valence-corrected chi connectivity index (χ3v) is 7.77. The molecule has 278 valence electrons. The molecule has 3 aromatic rings. The van der Waals surface area contributed by atoms with Gasteiger partial charge in [0.25, 0.3) is 11.8 Å². The number of hydrogen-bond acceptors (Lipinski definition) is 10. The molecule has 0 spiro atoms. The van der Waals surface area contributed by atoms with Crippen LogP contribution >= 0.6 is 0 Å². The predicted molar refractivity (Wildman–Crippen MR) is 199 cm³/mol. The number of hydrazone groups is 2. The van der Waals surface area contributed by atoms with Crippen LogP contribution in [0.3, 0.4) is 0 Å². The monoisotopic (exact) mass is 716 g/mol. The normalized spacial score (nSPS) is 10.8. The van der Waals surface area contributed by atoms with Crippen LogP contribution in [0.2, 0.25) is 0 Å². The van der Waals surface area contributed by atoms with Crippen LogP contribution in [0, 0.1) is 0 Å². The van der Waals surface area contributed by atoms with Crippen molar-refractivity contribution in [1.82, 2.24) is 21.5 Å². The van der Waals surface area contributed by atoms with Crippen molar-refractivity contribution in [3.05, 3.63) is 82.9 Å². The Hall–Kier alpha value is -5.92. The molecule has 3 aromatic carbocycles. The Morgan fingerprint density at radius 2 is 0.904 bits per heavy atom. The third-order valence-electron chi connectivity index (χ3n) is 7.77. The standard InChI is InChI=1S/C38H48N6O8/c1-49-31-19-17-29(23-33(31)51-3)37(47)39-21-9-5-7-11-35(45)43-41-25-27-13-15-28(16-14-27)26-42-44-36(46)12-8-6-10-22-40-38(48)30-18-20-32(50-2)34(24-30)52-4/h13-20,23-26H,5-12,21-22H2,1-4H3,(H,39,47)(H,40,48)(H,43,45)(H,44,46). The maximum Gasteiger partial charge on any atom is 0.251 e. The molecule has 0 aliphatic carbocycles. The minimum absolute atomic E-state index is 0.192. The number of methoxy groups -OCH3 is 4. The van der Waals surface area contributed by atoms with Crippen molar-refractivity contribution in [2.45, 2.75) is 51.4 Å². The summed E-state index contributed by atoms with van der Waals surface area (Å²) in [5.74, 6) is 1.30.